The molecule has 0 aliphatic rings. The maximum Gasteiger partial charge on any atom is 1.00 e. The number of nitrogens with zero attached hydrogens (tertiary/aromatic N) is 1. The van der Waals surface area contributed by atoms with Gasteiger partial charge in [0.05, 0.1) is 6.61 Å². The number of hydrogen-bond donors (Lipinski definition) is 1. The second kappa shape index (κ2) is 14.8. The molecule has 3 rings (SSSR count). The van der Waals surface area contributed by atoms with Crippen LogP contribution in [-0.2, 0) is 35.0 Å². The Morgan fingerprint density at radius 3 is 1.37 bits per heavy atom. The van der Waals surface area contributed by atoms with Crippen LogP contribution in [0.4, 0.5) is 0 Å². The largest absolute Gasteiger partial charge is 1.00 e. The van der Waals surface area contributed by atoms with E-state index in [1.54, 1.807) is 0 Å². The number of hydrogen-bond acceptors (Lipinski definition) is 3. The van der Waals surface area contributed by atoms with E-state index in [4.69, 9.17) is 30.0 Å². The first-order valence-corrected chi connectivity index (χ1v) is 11.7. The quantitative estimate of drug-likeness (QED) is 0.192. The molecule has 3 aromatic rings. The molecule has 0 saturated carbocycles. The van der Waals surface area contributed by atoms with Crippen molar-refractivity contribution in [2.75, 3.05) is 13.2 Å². The molecule has 0 atom stereocenters. The fraction of sp³-hybridized carbons (Fsp3) is 0.208. The van der Waals surface area contributed by atoms with Gasteiger partial charge in [-0.1, -0.05) is 95.3 Å². The van der Waals surface area contributed by atoms with Crippen LogP contribution in [0.5, 0.6) is 0 Å². The van der Waals surface area contributed by atoms with Crippen LogP contribution in [0.2, 0.25) is 0 Å². The van der Waals surface area contributed by atoms with Gasteiger partial charge in [0.15, 0.2) is 0 Å². The van der Waals surface area contributed by atoms with Crippen LogP contribution in [-0.4, -0.2) is 33.5 Å². The van der Waals surface area contributed by atoms with Gasteiger partial charge < -0.3 is 34.9 Å². The first-order chi connectivity index (χ1) is 14.0. The molecule has 0 saturated heterocycles. The van der Waals surface area contributed by atoms with Crippen molar-refractivity contribution in [2.24, 2.45) is 0 Å². The zero-order chi connectivity index (χ0) is 21.1. The summed E-state index contributed by atoms with van der Waals surface area (Å²) in [5.41, 5.74) is 0. The Hall–Kier alpha value is -1.10. The molecule has 0 heterocycles. The molecule has 0 aliphatic carbocycles. The van der Waals surface area contributed by atoms with Gasteiger partial charge in [-0.2, -0.15) is 0 Å². The minimum absolute atomic E-state index is 0. The van der Waals surface area contributed by atoms with Crippen molar-refractivity contribution < 1.29 is 27.5 Å². The van der Waals surface area contributed by atoms with Crippen LogP contribution in [0.1, 0.15) is 13.8 Å². The van der Waals surface area contributed by atoms with Gasteiger partial charge in [-0.3, -0.25) is 0 Å². The zero-order valence-corrected chi connectivity index (χ0v) is 21.8. The van der Waals surface area contributed by atoms with E-state index in [0.717, 1.165) is 0 Å². The van der Waals surface area contributed by atoms with Crippen molar-refractivity contribution in [1.29, 1.82) is 0 Å². The summed E-state index contributed by atoms with van der Waals surface area (Å²) >= 11 is 9.58. The number of benzene rings is 3. The number of aliphatic hydroxyl groups excluding tert-OH is 1. The van der Waals surface area contributed by atoms with Crippen molar-refractivity contribution in [2.45, 2.75) is 19.9 Å². The summed E-state index contributed by atoms with van der Waals surface area (Å²) in [6.07, 6.45) is 0. The molecule has 0 unspecified atom stereocenters. The SMILES string of the molecule is CC(C)N(CCO)C(=S)[S-].[Au+].c1ccc(P(c2ccccc2)c2ccccc2)cc1. The van der Waals surface area contributed by atoms with E-state index in [0.29, 0.717) is 10.9 Å². The number of aliphatic hydroxyl groups is 1. The van der Waals surface area contributed by atoms with Crippen molar-refractivity contribution in [1.82, 2.24) is 4.90 Å². The van der Waals surface area contributed by atoms with E-state index in [-0.39, 0.29) is 35.0 Å². The van der Waals surface area contributed by atoms with Crippen molar-refractivity contribution in [3.05, 3.63) is 91.0 Å². The molecule has 0 aliphatic heterocycles. The average Bonchev–Trinajstić information content (AvgIpc) is 2.74. The Morgan fingerprint density at radius 1 is 0.833 bits per heavy atom. The van der Waals surface area contributed by atoms with Crippen LogP contribution in [0.25, 0.3) is 0 Å². The molecule has 0 aromatic heterocycles. The Bertz CT molecular complexity index is 757. The molecule has 0 fully saturated rings. The summed E-state index contributed by atoms with van der Waals surface area (Å²) in [5.74, 6) is 0. The molecule has 1 N–H and O–H groups in total. The van der Waals surface area contributed by atoms with Gasteiger partial charge in [-0.15, -0.1) is 0 Å². The topological polar surface area (TPSA) is 23.5 Å². The molecule has 30 heavy (non-hydrogen) atoms. The van der Waals surface area contributed by atoms with Gasteiger partial charge >= 0.3 is 22.4 Å². The predicted molar refractivity (Wildman–Crippen MR) is 134 cm³/mol. The van der Waals surface area contributed by atoms with Gasteiger partial charge in [0.25, 0.3) is 0 Å². The minimum atomic E-state index is -0.446. The molecule has 0 radical (unpaired) electrons. The molecule has 0 bridgehead atoms. The maximum absolute atomic E-state index is 8.59. The molecule has 162 valence electrons. The number of rotatable bonds is 6. The molecule has 6 heteroatoms. The van der Waals surface area contributed by atoms with Crippen molar-refractivity contribution in [3.8, 4) is 0 Å². The summed E-state index contributed by atoms with van der Waals surface area (Å²) in [5, 5.41) is 12.8. The van der Waals surface area contributed by atoms with Crippen molar-refractivity contribution >= 4 is 53.0 Å². The Labute approximate surface area is 208 Å². The molecular formula is C24H27AuNOPS2. The van der Waals surface area contributed by atoms with Crippen LogP contribution in [0.15, 0.2) is 91.0 Å². The van der Waals surface area contributed by atoms with E-state index >= 15 is 0 Å². The molecule has 2 nitrogen and oxygen atoms in total. The second-order valence-electron chi connectivity index (χ2n) is 6.62. The fourth-order valence-electron chi connectivity index (χ4n) is 2.85. The van der Waals surface area contributed by atoms with Crippen LogP contribution >= 0.6 is 20.1 Å². The van der Waals surface area contributed by atoms with Crippen LogP contribution in [0.3, 0.4) is 0 Å². The third-order valence-electron chi connectivity index (χ3n) is 4.24. The van der Waals surface area contributed by atoms with Gasteiger partial charge in [-0.05, 0) is 37.7 Å². The summed E-state index contributed by atoms with van der Waals surface area (Å²) in [6, 6.07) is 32.6. The molecule has 0 spiro atoms. The van der Waals surface area contributed by atoms with Gasteiger partial charge in [0, 0.05) is 12.6 Å². The number of thiocarbonyl (C=S) groups is 1. The van der Waals surface area contributed by atoms with Gasteiger partial charge in [-0.25, -0.2) is 0 Å². The van der Waals surface area contributed by atoms with Gasteiger partial charge in [0.1, 0.15) is 0 Å². The van der Waals surface area contributed by atoms with E-state index in [1.165, 1.54) is 15.9 Å². The Kier molecular flexibility index (Phi) is 13.3. The first-order valence-electron chi connectivity index (χ1n) is 9.58. The Balaban J connectivity index is 0.000000354. The van der Waals surface area contributed by atoms with E-state index in [9.17, 15) is 0 Å². The third-order valence-corrected chi connectivity index (χ3v) is 7.15. The predicted octanol–water partition coefficient (Wildman–Crippen LogP) is 3.96. The first kappa shape index (κ1) is 26.9. The average molecular weight is 638 g/mol. The smallest absolute Gasteiger partial charge is 0.411 e. The summed E-state index contributed by atoms with van der Waals surface area (Å²) < 4.78 is 0.434. The van der Waals surface area contributed by atoms with Gasteiger partial charge in [0.2, 0.25) is 0 Å². The fourth-order valence-corrected chi connectivity index (χ4v) is 5.76. The van der Waals surface area contributed by atoms with E-state index in [1.807, 2.05) is 18.7 Å². The van der Waals surface area contributed by atoms with Crippen LogP contribution in [0, 0.1) is 0 Å². The van der Waals surface area contributed by atoms with E-state index in [2.05, 4.69) is 91.0 Å². The van der Waals surface area contributed by atoms with Crippen molar-refractivity contribution in [3.63, 3.8) is 0 Å². The second-order valence-corrected chi connectivity index (χ2v) is 9.87. The molecule has 3 aromatic carbocycles. The maximum atomic E-state index is 8.59. The Morgan fingerprint density at radius 2 is 1.17 bits per heavy atom. The third kappa shape index (κ3) is 8.57. The minimum Gasteiger partial charge on any atom is -0.411 e. The zero-order valence-electron chi connectivity index (χ0n) is 17.1. The molecule has 0 amide bonds. The summed E-state index contributed by atoms with van der Waals surface area (Å²) in [7, 11) is -0.446. The van der Waals surface area contributed by atoms with E-state index < -0.39 is 7.92 Å². The monoisotopic (exact) mass is 637 g/mol. The van der Waals surface area contributed by atoms with Crippen LogP contribution < -0.4 is 15.9 Å². The summed E-state index contributed by atoms with van der Waals surface area (Å²) in [6.45, 7) is 4.64. The standard InChI is InChI=1S/C18H15P.C6H13NOS2.Au/c1-4-10-16(11-5-1)19(17-12-6-2-7-13-17)18-14-8-3-9-15-18;1-5(2)7(3-4-8)6(9)10;/h1-15H;5,8H,3-4H2,1-2H3,(H,9,10);/q;;+1/p-1. The molecular weight excluding hydrogens is 610 g/mol. The normalized spacial score (nSPS) is 10.0. The summed E-state index contributed by atoms with van der Waals surface area (Å²) in [4.78, 5) is 1.81.